The topological polar surface area (TPSA) is 3.24 Å². The first-order valence-corrected chi connectivity index (χ1v) is 17.8. The van der Waals surface area contributed by atoms with Crippen LogP contribution in [0.3, 0.4) is 0 Å². The zero-order chi connectivity index (χ0) is 33.7. The van der Waals surface area contributed by atoms with Gasteiger partial charge in [0.25, 0.3) is 0 Å². The lowest BCUT2D eigenvalue weighted by atomic mass is 9.67. The first kappa shape index (κ1) is 30.2. The lowest BCUT2D eigenvalue weighted by Gasteiger charge is -2.35. The van der Waals surface area contributed by atoms with Crippen LogP contribution in [0, 0.1) is 6.92 Å². The third-order valence-corrected chi connectivity index (χ3v) is 10.8. The second kappa shape index (κ2) is 12.2. The molecule has 0 bridgehead atoms. The van der Waals surface area contributed by atoms with Gasteiger partial charge in [-0.15, -0.1) is 0 Å². The summed E-state index contributed by atoms with van der Waals surface area (Å²) in [6.45, 7) is 4.59. The van der Waals surface area contributed by atoms with Gasteiger partial charge in [0.15, 0.2) is 0 Å². The summed E-state index contributed by atoms with van der Waals surface area (Å²) >= 11 is 0. The van der Waals surface area contributed by atoms with Gasteiger partial charge in [0, 0.05) is 17.1 Å². The van der Waals surface area contributed by atoms with E-state index in [1.807, 2.05) is 0 Å². The van der Waals surface area contributed by atoms with Crippen molar-refractivity contribution in [1.29, 1.82) is 0 Å². The Labute approximate surface area is 295 Å². The van der Waals surface area contributed by atoms with Gasteiger partial charge in [0.05, 0.1) is 5.41 Å². The van der Waals surface area contributed by atoms with E-state index in [-0.39, 0.29) is 0 Å². The minimum absolute atomic E-state index is 0.436. The van der Waals surface area contributed by atoms with E-state index in [4.69, 9.17) is 0 Å². The minimum Gasteiger partial charge on any atom is -0.310 e. The van der Waals surface area contributed by atoms with E-state index in [0.717, 1.165) is 29.9 Å². The fourth-order valence-corrected chi connectivity index (χ4v) is 8.72. The Balaban J connectivity index is 1.32. The Morgan fingerprint density at radius 1 is 0.440 bits per heavy atom. The second-order valence-corrected chi connectivity index (χ2v) is 13.6. The van der Waals surface area contributed by atoms with Gasteiger partial charge in [0.1, 0.15) is 0 Å². The molecule has 1 unspecified atom stereocenters. The Bertz CT molecular complexity index is 2380. The lowest BCUT2D eigenvalue weighted by Crippen LogP contribution is -2.27. The monoisotopic (exact) mass is 641 g/mol. The van der Waals surface area contributed by atoms with Crippen LogP contribution in [0.2, 0.25) is 0 Å². The molecule has 1 atom stereocenters. The van der Waals surface area contributed by atoms with Crippen LogP contribution in [0.1, 0.15) is 53.1 Å². The molecule has 0 fully saturated rings. The number of para-hydroxylation sites is 1. The molecule has 9 rings (SSSR count). The summed E-state index contributed by atoms with van der Waals surface area (Å²) in [6.07, 6.45) is 2.12. The maximum atomic E-state index is 2.50. The van der Waals surface area contributed by atoms with Gasteiger partial charge >= 0.3 is 0 Å². The molecule has 7 aromatic carbocycles. The Kier molecular flexibility index (Phi) is 7.36. The summed E-state index contributed by atoms with van der Waals surface area (Å²) in [5, 5.41) is 0. The molecular formula is C49H39N. The molecule has 7 aromatic rings. The summed E-state index contributed by atoms with van der Waals surface area (Å²) in [5.74, 6) is 0. The lowest BCUT2D eigenvalue weighted by molar-refractivity contribution is 0.840. The average Bonchev–Trinajstić information content (AvgIpc) is 3.63. The number of benzene rings is 7. The van der Waals surface area contributed by atoms with Crippen LogP contribution < -0.4 is 4.90 Å². The molecule has 0 amide bonds. The van der Waals surface area contributed by atoms with Crippen LogP contribution in [0.4, 0.5) is 17.1 Å². The zero-order valence-corrected chi connectivity index (χ0v) is 28.6. The van der Waals surface area contributed by atoms with Crippen molar-refractivity contribution in [2.45, 2.75) is 32.1 Å². The van der Waals surface area contributed by atoms with Crippen molar-refractivity contribution < 1.29 is 0 Å². The maximum Gasteiger partial charge on any atom is 0.0728 e. The fraction of sp³-hybridized carbons (Fsp3) is 0.102. The molecule has 0 radical (unpaired) electrons. The third-order valence-electron chi connectivity index (χ3n) is 10.8. The Hall–Kier alpha value is -5.92. The van der Waals surface area contributed by atoms with Crippen molar-refractivity contribution in [1.82, 2.24) is 0 Å². The first-order chi connectivity index (χ1) is 24.7. The highest BCUT2D eigenvalue weighted by molar-refractivity contribution is 6.10. The van der Waals surface area contributed by atoms with Crippen LogP contribution in [-0.4, -0.2) is 0 Å². The van der Waals surface area contributed by atoms with Crippen LogP contribution in [0.15, 0.2) is 176 Å². The van der Waals surface area contributed by atoms with Gasteiger partial charge in [-0.25, -0.2) is 0 Å². The third kappa shape index (κ3) is 4.54. The van der Waals surface area contributed by atoms with Crippen molar-refractivity contribution in [3.05, 3.63) is 209 Å². The predicted molar refractivity (Wildman–Crippen MR) is 211 cm³/mol. The van der Waals surface area contributed by atoms with Gasteiger partial charge in [-0.05, 0) is 117 Å². The highest BCUT2D eigenvalue weighted by Crippen LogP contribution is 2.65. The number of hydrogen-bond acceptors (Lipinski definition) is 1. The molecule has 1 spiro atoms. The quantitative estimate of drug-likeness (QED) is 0.167. The van der Waals surface area contributed by atoms with Gasteiger partial charge < -0.3 is 4.90 Å². The summed E-state index contributed by atoms with van der Waals surface area (Å²) < 4.78 is 0. The molecule has 2 aliphatic carbocycles. The number of allylic oxidation sites excluding steroid dienone is 2. The number of hydrogen-bond donors (Lipinski definition) is 0. The average molecular weight is 642 g/mol. The van der Waals surface area contributed by atoms with E-state index in [9.17, 15) is 0 Å². The van der Waals surface area contributed by atoms with E-state index < -0.39 is 5.41 Å². The van der Waals surface area contributed by atoms with Gasteiger partial charge in [-0.3, -0.25) is 0 Å². The largest absolute Gasteiger partial charge is 0.310 e. The van der Waals surface area contributed by atoms with Crippen molar-refractivity contribution in [2.75, 3.05) is 4.90 Å². The predicted octanol–water partition coefficient (Wildman–Crippen LogP) is 13.2. The van der Waals surface area contributed by atoms with Gasteiger partial charge in [-0.2, -0.15) is 0 Å². The molecule has 0 heterocycles. The van der Waals surface area contributed by atoms with Crippen LogP contribution in [0.25, 0.3) is 33.4 Å². The van der Waals surface area contributed by atoms with Crippen molar-refractivity contribution in [2.24, 2.45) is 0 Å². The number of fused-ring (bicyclic) bond motifs is 7. The number of nitrogens with zero attached hydrogens (tertiary/aromatic N) is 1. The second-order valence-electron chi connectivity index (χ2n) is 13.6. The van der Waals surface area contributed by atoms with Crippen LogP contribution >= 0.6 is 0 Å². The van der Waals surface area contributed by atoms with Crippen molar-refractivity contribution in [3.8, 4) is 22.3 Å². The molecule has 2 aliphatic rings. The van der Waals surface area contributed by atoms with Crippen LogP contribution in [0.5, 0.6) is 0 Å². The summed E-state index contributed by atoms with van der Waals surface area (Å²) in [7, 11) is 0. The van der Waals surface area contributed by atoms with E-state index in [1.165, 1.54) is 66.8 Å². The van der Waals surface area contributed by atoms with E-state index in [1.54, 1.807) is 0 Å². The number of rotatable bonds is 7. The summed E-state index contributed by atoms with van der Waals surface area (Å²) in [4.78, 5) is 2.41. The molecule has 0 aliphatic heterocycles. The standard InChI is InChI=1S/C49H39N/c1-3-16-44-42-24-13-15-26-46(42)49(48(44)40-22-11-10-17-34(40)2)45-25-14-12-23-41(45)43-32-31-39(33-47(43)49)50(37-20-8-5-9-21-37)38-29-27-36(28-30-38)35-18-6-4-7-19-35/h4-15,17-33H,3,16H2,1-2H3. The highest BCUT2D eigenvalue weighted by atomic mass is 15.1. The smallest absolute Gasteiger partial charge is 0.0728 e. The molecule has 0 N–H and O–H groups in total. The molecule has 50 heavy (non-hydrogen) atoms. The van der Waals surface area contributed by atoms with Gasteiger partial charge in [0.2, 0.25) is 0 Å². The van der Waals surface area contributed by atoms with E-state index in [0.29, 0.717) is 0 Å². The molecule has 240 valence electrons. The van der Waals surface area contributed by atoms with Crippen molar-refractivity contribution in [3.63, 3.8) is 0 Å². The summed E-state index contributed by atoms with van der Waals surface area (Å²) in [5.41, 5.74) is 19.2. The number of aryl methyl sites for hydroxylation is 1. The maximum absolute atomic E-state index is 2.50. The molecule has 1 nitrogen and oxygen atoms in total. The fourth-order valence-electron chi connectivity index (χ4n) is 8.72. The SMILES string of the molecule is CCCC1=C(c2ccccc2C)C2(c3ccccc31)c1ccccc1-c1ccc(N(c3ccccc3)c3ccc(-c4ccccc4)cc3)cc12. The van der Waals surface area contributed by atoms with E-state index >= 15 is 0 Å². The van der Waals surface area contributed by atoms with Crippen molar-refractivity contribution >= 4 is 28.2 Å². The number of anilines is 3. The Morgan fingerprint density at radius 2 is 0.960 bits per heavy atom. The molecule has 0 saturated heterocycles. The minimum atomic E-state index is -0.436. The van der Waals surface area contributed by atoms with Gasteiger partial charge in [-0.1, -0.05) is 153 Å². The zero-order valence-electron chi connectivity index (χ0n) is 28.6. The highest BCUT2D eigenvalue weighted by Gasteiger charge is 2.53. The first-order valence-electron chi connectivity index (χ1n) is 17.8. The Morgan fingerprint density at radius 3 is 1.66 bits per heavy atom. The van der Waals surface area contributed by atoms with Crippen LogP contribution in [-0.2, 0) is 5.41 Å². The normalized spacial score (nSPS) is 15.6. The molecule has 1 heteroatoms. The molecular weight excluding hydrogens is 603 g/mol. The molecule has 0 saturated carbocycles. The van der Waals surface area contributed by atoms with E-state index in [2.05, 4.69) is 195 Å². The summed E-state index contributed by atoms with van der Waals surface area (Å²) in [6, 6.07) is 65.0. The molecule has 0 aromatic heterocycles.